The van der Waals surface area contributed by atoms with Crippen LogP contribution >= 0.6 is 11.6 Å². The first-order valence-electron chi connectivity index (χ1n) is 5.11. The molecule has 1 fully saturated rings. The summed E-state index contributed by atoms with van der Waals surface area (Å²) in [6.45, 7) is 0. The van der Waals surface area contributed by atoms with Gasteiger partial charge in [0.25, 0.3) is 0 Å². The zero-order valence-electron chi connectivity index (χ0n) is 8.91. The molecule has 1 aliphatic carbocycles. The van der Waals surface area contributed by atoms with Gasteiger partial charge in [0.2, 0.25) is 11.8 Å². The minimum atomic E-state index is -5.66. The lowest BCUT2D eigenvalue weighted by atomic mass is 10.1. The average molecular weight is 298 g/mol. The summed E-state index contributed by atoms with van der Waals surface area (Å²) < 4.78 is 73.3. The van der Waals surface area contributed by atoms with Crippen molar-refractivity contribution in [3.8, 4) is 0 Å². The Balaban J connectivity index is 2.78. The fraction of sp³-hybridized carbons (Fsp3) is 0.889. The zero-order chi connectivity index (χ0) is 14.1. The van der Waals surface area contributed by atoms with E-state index in [0.29, 0.717) is 12.8 Å². The van der Waals surface area contributed by atoms with Gasteiger partial charge in [-0.1, -0.05) is 0 Å². The highest BCUT2D eigenvalue weighted by molar-refractivity contribution is 6.21. The molecule has 0 aromatic heterocycles. The minimum absolute atomic E-state index is 0.280. The monoisotopic (exact) mass is 297 g/mol. The Labute approximate surface area is 104 Å². The summed E-state index contributed by atoms with van der Waals surface area (Å²) in [5.41, 5.74) is 0. The zero-order valence-corrected chi connectivity index (χ0v) is 9.66. The van der Waals surface area contributed by atoms with Crippen LogP contribution in [0.4, 0.5) is 26.3 Å². The lowest BCUT2D eigenvalue weighted by Crippen LogP contribution is -2.51. The highest BCUT2D eigenvalue weighted by Crippen LogP contribution is 2.39. The highest BCUT2D eigenvalue weighted by Gasteiger charge is 2.61. The first-order valence-corrected chi connectivity index (χ1v) is 5.55. The van der Waals surface area contributed by atoms with E-state index in [2.05, 4.69) is 0 Å². The number of amides is 1. The molecule has 1 rings (SSSR count). The molecule has 1 aliphatic rings. The third-order valence-electron chi connectivity index (χ3n) is 2.68. The van der Waals surface area contributed by atoms with Crippen molar-refractivity contribution in [1.29, 1.82) is 0 Å². The standard InChI is InChI=1S/C9H10ClF6NO/c10-4-2-1-3-5(4)17-7(18)6(8(11,12)13)9(14,15)16/h4-6H,1-3H2,(H,17,18). The Hall–Kier alpha value is -0.660. The van der Waals surface area contributed by atoms with Gasteiger partial charge in [0.15, 0.2) is 0 Å². The quantitative estimate of drug-likeness (QED) is 0.616. The van der Waals surface area contributed by atoms with Gasteiger partial charge in [0.05, 0.1) is 5.38 Å². The Morgan fingerprint density at radius 3 is 1.94 bits per heavy atom. The molecule has 2 unspecified atom stereocenters. The third-order valence-corrected chi connectivity index (χ3v) is 3.20. The Kier molecular flexibility index (Phi) is 4.40. The number of hydrogen-bond donors (Lipinski definition) is 1. The average Bonchev–Trinajstić information content (AvgIpc) is 2.45. The topological polar surface area (TPSA) is 29.1 Å². The molecule has 0 aromatic rings. The van der Waals surface area contributed by atoms with Crippen LogP contribution in [-0.4, -0.2) is 29.7 Å². The van der Waals surface area contributed by atoms with E-state index in [1.54, 1.807) is 5.32 Å². The second kappa shape index (κ2) is 5.14. The number of alkyl halides is 7. The normalized spacial score (nSPS) is 25.6. The summed E-state index contributed by atoms with van der Waals surface area (Å²) in [7, 11) is 0. The fourth-order valence-electron chi connectivity index (χ4n) is 1.83. The number of halogens is 7. The summed E-state index contributed by atoms with van der Waals surface area (Å²) in [6.07, 6.45) is -10.0. The first kappa shape index (κ1) is 15.4. The van der Waals surface area contributed by atoms with E-state index in [0.717, 1.165) is 0 Å². The molecule has 0 aromatic carbocycles. The molecule has 2 nitrogen and oxygen atoms in total. The van der Waals surface area contributed by atoms with Crippen LogP contribution in [0.5, 0.6) is 0 Å². The second-order valence-electron chi connectivity index (χ2n) is 4.08. The summed E-state index contributed by atoms with van der Waals surface area (Å²) in [5.74, 6) is -6.10. The Bertz CT molecular complexity index is 301. The maximum atomic E-state index is 12.2. The van der Waals surface area contributed by atoms with Crippen molar-refractivity contribution in [2.75, 3.05) is 0 Å². The van der Waals surface area contributed by atoms with Gasteiger partial charge in [-0.3, -0.25) is 4.79 Å². The summed E-state index contributed by atoms with van der Waals surface area (Å²) in [5, 5.41) is 1.10. The van der Waals surface area contributed by atoms with E-state index in [1.165, 1.54) is 0 Å². The van der Waals surface area contributed by atoms with Crippen LogP contribution < -0.4 is 5.32 Å². The van der Waals surface area contributed by atoms with Crippen LogP contribution in [-0.2, 0) is 4.79 Å². The molecule has 18 heavy (non-hydrogen) atoms. The molecule has 0 heterocycles. The van der Waals surface area contributed by atoms with Gasteiger partial charge in [-0.2, -0.15) is 26.3 Å². The molecule has 0 radical (unpaired) electrons. The fourth-order valence-corrected chi connectivity index (χ4v) is 2.17. The molecule has 2 atom stereocenters. The molecule has 106 valence electrons. The largest absolute Gasteiger partial charge is 0.409 e. The first-order chi connectivity index (χ1) is 8.03. The smallest absolute Gasteiger partial charge is 0.351 e. The summed E-state index contributed by atoms with van der Waals surface area (Å²) >= 11 is 5.68. The van der Waals surface area contributed by atoms with Crippen LogP contribution in [0.15, 0.2) is 0 Å². The Morgan fingerprint density at radius 2 is 1.61 bits per heavy atom. The lowest BCUT2D eigenvalue weighted by molar-refractivity contribution is -0.274. The molecular formula is C9H10ClF6NO. The van der Waals surface area contributed by atoms with Gasteiger partial charge in [-0.15, -0.1) is 11.6 Å². The van der Waals surface area contributed by atoms with Crippen molar-refractivity contribution in [3.63, 3.8) is 0 Å². The van der Waals surface area contributed by atoms with Crippen molar-refractivity contribution in [1.82, 2.24) is 5.32 Å². The van der Waals surface area contributed by atoms with Crippen molar-refractivity contribution < 1.29 is 31.1 Å². The van der Waals surface area contributed by atoms with Crippen molar-refractivity contribution in [3.05, 3.63) is 0 Å². The van der Waals surface area contributed by atoms with E-state index in [9.17, 15) is 31.1 Å². The van der Waals surface area contributed by atoms with Crippen molar-refractivity contribution in [2.24, 2.45) is 5.92 Å². The van der Waals surface area contributed by atoms with Crippen molar-refractivity contribution >= 4 is 17.5 Å². The second-order valence-corrected chi connectivity index (χ2v) is 4.64. The third kappa shape index (κ3) is 3.66. The van der Waals surface area contributed by atoms with Crippen LogP contribution in [0.25, 0.3) is 0 Å². The molecule has 1 N–H and O–H groups in total. The molecule has 0 bridgehead atoms. The molecule has 1 amide bonds. The van der Waals surface area contributed by atoms with Gasteiger partial charge in [-0.25, -0.2) is 0 Å². The van der Waals surface area contributed by atoms with Gasteiger partial charge in [0, 0.05) is 6.04 Å². The predicted octanol–water partition coefficient (Wildman–Crippen LogP) is 3.00. The van der Waals surface area contributed by atoms with Crippen LogP contribution in [0.3, 0.4) is 0 Å². The highest BCUT2D eigenvalue weighted by atomic mass is 35.5. The molecule has 0 saturated heterocycles. The number of nitrogens with one attached hydrogen (secondary N) is 1. The molecule has 1 saturated carbocycles. The molecule has 0 aliphatic heterocycles. The number of hydrogen-bond acceptors (Lipinski definition) is 1. The maximum absolute atomic E-state index is 12.2. The van der Waals surface area contributed by atoms with Crippen LogP contribution in [0, 0.1) is 5.92 Å². The van der Waals surface area contributed by atoms with E-state index in [1.807, 2.05) is 0 Å². The molecular weight excluding hydrogens is 288 g/mol. The van der Waals surface area contributed by atoms with Crippen molar-refractivity contribution in [2.45, 2.75) is 43.0 Å². The van der Waals surface area contributed by atoms with Crippen LogP contribution in [0.1, 0.15) is 19.3 Å². The number of rotatable bonds is 2. The summed E-state index contributed by atoms with van der Waals surface area (Å²) in [6, 6.07) is -0.841. The SMILES string of the molecule is O=C(NC1CCCC1Cl)C(C(F)(F)F)C(F)(F)F. The molecule has 9 heteroatoms. The van der Waals surface area contributed by atoms with Crippen LogP contribution in [0.2, 0.25) is 0 Å². The van der Waals surface area contributed by atoms with Gasteiger partial charge in [-0.05, 0) is 19.3 Å². The summed E-state index contributed by atoms with van der Waals surface area (Å²) in [4.78, 5) is 11.1. The lowest BCUT2D eigenvalue weighted by Gasteiger charge is -2.24. The predicted molar refractivity (Wildman–Crippen MR) is 51.0 cm³/mol. The maximum Gasteiger partial charge on any atom is 0.409 e. The van der Waals surface area contributed by atoms with E-state index in [4.69, 9.17) is 11.6 Å². The number of carbonyl (C=O) groups is 1. The van der Waals surface area contributed by atoms with Gasteiger partial charge < -0.3 is 5.32 Å². The minimum Gasteiger partial charge on any atom is -0.351 e. The number of carbonyl (C=O) groups excluding carboxylic acids is 1. The van der Waals surface area contributed by atoms with Gasteiger partial charge >= 0.3 is 12.4 Å². The van der Waals surface area contributed by atoms with E-state index < -0.39 is 35.6 Å². The molecule has 0 spiro atoms. The van der Waals surface area contributed by atoms with E-state index >= 15 is 0 Å². The Morgan fingerprint density at radius 1 is 1.11 bits per heavy atom. The van der Waals surface area contributed by atoms with E-state index in [-0.39, 0.29) is 6.42 Å². The van der Waals surface area contributed by atoms with Gasteiger partial charge in [0.1, 0.15) is 0 Å².